The minimum atomic E-state index is -0.297. The zero-order valence-corrected chi connectivity index (χ0v) is 13.0. The lowest BCUT2D eigenvalue weighted by Gasteiger charge is -2.28. The Morgan fingerprint density at radius 1 is 1.18 bits per heavy atom. The van der Waals surface area contributed by atoms with Crippen molar-refractivity contribution >= 4 is 11.6 Å². The van der Waals surface area contributed by atoms with Gasteiger partial charge in [0.1, 0.15) is 11.7 Å². The molecule has 2 aliphatic rings. The van der Waals surface area contributed by atoms with Crippen LogP contribution in [0.2, 0.25) is 5.02 Å². The van der Waals surface area contributed by atoms with Gasteiger partial charge in [-0.15, -0.1) is 0 Å². The Morgan fingerprint density at radius 3 is 3.05 bits per heavy atom. The fourth-order valence-electron chi connectivity index (χ4n) is 3.53. The smallest absolute Gasteiger partial charge is 0.128 e. The quantitative estimate of drug-likeness (QED) is 0.877. The summed E-state index contributed by atoms with van der Waals surface area (Å²) in [4.78, 5) is 9.13. The van der Waals surface area contributed by atoms with Crippen LogP contribution in [-0.4, -0.2) is 23.1 Å². The Hall–Kier alpha value is -1.49. The number of nitrogens with one attached hydrogen (secondary N) is 1. The first-order chi connectivity index (χ1) is 10.8. The van der Waals surface area contributed by atoms with Crippen LogP contribution in [0.4, 0.5) is 0 Å². The minimum Gasteiger partial charge on any atom is -0.354 e. The number of hydrogen-bond acceptors (Lipinski definition) is 4. The molecule has 5 heteroatoms. The molecule has 2 atom stereocenters. The van der Waals surface area contributed by atoms with Gasteiger partial charge in [0.05, 0.1) is 11.4 Å². The molecule has 0 saturated carbocycles. The van der Waals surface area contributed by atoms with E-state index in [1.807, 2.05) is 18.3 Å². The number of nitrogens with zero attached hydrogens (tertiary/aromatic N) is 2. The second-order valence-corrected chi connectivity index (χ2v) is 6.37. The highest BCUT2D eigenvalue weighted by molar-refractivity contribution is 6.30. The molecule has 2 aromatic heterocycles. The Balaban J connectivity index is 1.80. The summed E-state index contributed by atoms with van der Waals surface area (Å²) in [5, 5.41) is 4.13. The molecule has 0 bridgehead atoms. The van der Waals surface area contributed by atoms with Crippen molar-refractivity contribution in [2.45, 2.75) is 31.0 Å². The van der Waals surface area contributed by atoms with Crippen molar-refractivity contribution in [3.8, 4) is 0 Å². The molecule has 0 radical (unpaired) electrons. The van der Waals surface area contributed by atoms with Crippen LogP contribution in [0.5, 0.6) is 0 Å². The molecule has 0 amide bonds. The van der Waals surface area contributed by atoms with Crippen LogP contribution in [0.3, 0.4) is 0 Å². The van der Waals surface area contributed by atoms with Gasteiger partial charge in [0, 0.05) is 23.0 Å². The van der Waals surface area contributed by atoms with Gasteiger partial charge in [0.25, 0.3) is 0 Å². The average Bonchev–Trinajstić information content (AvgIpc) is 2.69. The van der Waals surface area contributed by atoms with Crippen LogP contribution in [0, 0.1) is 0 Å². The molecule has 1 N–H and O–H groups in total. The van der Waals surface area contributed by atoms with Crippen molar-refractivity contribution in [2.24, 2.45) is 0 Å². The number of hydrogen-bond donors (Lipinski definition) is 1. The van der Waals surface area contributed by atoms with Gasteiger partial charge in [-0.3, -0.25) is 9.97 Å². The van der Waals surface area contributed by atoms with E-state index in [0.717, 1.165) is 49.3 Å². The highest BCUT2D eigenvalue weighted by Crippen LogP contribution is 2.49. The highest BCUT2D eigenvalue weighted by Gasteiger charge is 2.47. The first-order valence-corrected chi connectivity index (χ1v) is 8.12. The molecule has 22 heavy (non-hydrogen) atoms. The lowest BCUT2D eigenvalue weighted by Crippen LogP contribution is -2.28. The second kappa shape index (κ2) is 5.61. The van der Waals surface area contributed by atoms with Crippen LogP contribution in [0.25, 0.3) is 0 Å². The zero-order chi connectivity index (χ0) is 15.0. The predicted octanol–water partition coefficient (Wildman–Crippen LogP) is 3.22. The maximum absolute atomic E-state index is 6.56. The molecule has 1 spiro atoms. The highest BCUT2D eigenvalue weighted by atomic mass is 35.5. The summed E-state index contributed by atoms with van der Waals surface area (Å²) in [6, 6.07) is 7.74. The van der Waals surface area contributed by atoms with Crippen molar-refractivity contribution in [3.05, 3.63) is 58.6 Å². The lowest BCUT2D eigenvalue weighted by atomic mass is 9.89. The van der Waals surface area contributed by atoms with Crippen molar-refractivity contribution in [2.75, 3.05) is 13.1 Å². The van der Waals surface area contributed by atoms with Gasteiger partial charge < -0.3 is 10.1 Å². The third kappa shape index (κ3) is 2.32. The van der Waals surface area contributed by atoms with Gasteiger partial charge in [0.15, 0.2) is 0 Å². The summed E-state index contributed by atoms with van der Waals surface area (Å²) in [5.74, 6) is 0. The second-order valence-electron chi connectivity index (χ2n) is 5.94. The third-order valence-electron chi connectivity index (χ3n) is 4.55. The SMILES string of the molecule is Clc1ccnc(C2OC3(CCCNCC3)c3ncccc32)c1. The average molecular weight is 316 g/mol. The van der Waals surface area contributed by atoms with Gasteiger partial charge in [-0.1, -0.05) is 17.7 Å². The van der Waals surface area contributed by atoms with E-state index >= 15 is 0 Å². The van der Waals surface area contributed by atoms with E-state index < -0.39 is 0 Å². The minimum absolute atomic E-state index is 0.180. The van der Waals surface area contributed by atoms with Crippen LogP contribution < -0.4 is 5.32 Å². The zero-order valence-electron chi connectivity index (χ0n) is 12.3. The van der Waals surface area contributed by atoms with E-state index in [1.165, 1.54) is 0 Å². The van der Waals surface area contributed by atoms with Crippen LogP contribution in [-0.2, 0) is 10.3 Å². The van der Waals surface area contributed by atoms with Crippen molar-refractivity contribution in [1.29, 1.82) is 0 Å². The maximum Gasteiger partial charge on any atom is 0.128 e. The molecular weight excluding hydrogens is 298 g/mol. The molecule has 4 nitrogen and oxygen atoms in total. The summed E-state index contributed by atoms with van der Waals surface area (Å²) in [7, 11) is 0. The monoisotopic (exact) mass is 315 g/mol. The molecule has 0 aliphatic carbocycles. The summed E-state index contributed by atoms with van der Waals surface area (Å²) >= 11 is 6.13. The molecule has 0 aromatic carbocycles. The van der Waals surface area contributed by atoms with Crippen molar-refractivity contribution in [1.82, 2.24) is 15.3 Å². The third-order valence-corrected chi connectivity index (χ3v) is 4.78. The van der Waals surface area contributed by atoms with E-state index in [0.29, 0.717) is 5.02 Å². The van der Waals surface area contributed by atoms with Gasteiger partial charge in [-0.2, -0.15) is 0 Å². The fraction of sp³-hybridized carbons (Fsp3) is 0.412. The first kappa shape index (κ1) is 14.1. The topological polar surface area (TPSA) is 47.0 Å². The molecule has 1 fully saturated rings. The summed E-state index contributed by atoms with van der Waals surface area (Å²) in [6.07, 6.45) is 6.42. The van der Waals surface area contributed by atoms with Gasteiger partial charge in [-0.05, 0) is 50.6 Å². The van der Waals surface area contributed by atoms with E-state index in [1.54, 1.807) is 12.3 Å². The van der Waals surface area contributed by atoms with Crippen LogP contribution in [0.1, 0.15) is 42.3 Å². The van der Waals surface area contributed by atoms with Gasteiger partial charge in [0.2, 0.25) is 0 Å². The molecule has 4 heterocycles. The number of aromatic nitrogens is 2. The lowest BCUT2D eigenvalue weighted by molar-refractivity contribution is -0.0724. The number of ether oxygens (including phenoxy) is 1. The summed E-state index contributed by atoms with van der Waals surface area (Å²) in [5.41, 5.74) is 2.76. The normalized spacial score (nSPS) is 27.6. The number of rotatable bonds is 1. The van der Waals surface area contributed by atoms with Crippen LogP contribution in [0.15, 0.2) is 36.7 Å². The fourth-order valence-corrected chi connectivity index (χ4v) is 3.70. The Morgan fingerprint density at radius 2 is 2.14 bits per heavy atom. The van der Waals surface area contributed by atoms with Crippen LogP contribution >= 0.6 is 11.6 Å². The standard InChI is InChI=1S/C17H18ClN3O/c18-12-4-9-20-14(11-12)15-13-3-1-8-21-16(13)17(22-15)5-2-7-19-10-6-17/h1,3-4,8-9,11,15,19H,2,5-7,10H2. The van der Waals surface area contributed by atoms with E-state index in [2.05, 4.69) is 21.4 Å². The Labute approximate surface area is 134 Å². The number of pyridine rings is 2. The van der Waals surface area contributed by atoms with E-state index in [4.69, 9.17) is 16.3 Å². The van der Waals surface area contributed by atoms with E-state index in [-0.39, 0.29) is 11.7 Å². The van der Waals surface area contributed by atoms with Gasteiger partial charge >= 0.3 is 0 Å². The van der Waals surface area contributed by atoms with Crippen molar-refractivity contribution < 1.29 is 4.74 Å². The molecular formula is C17H18ClN3O. The number of fused-ring (bicyclic) bond motifs is 2. The van der Waals surface area contributed by atoms with E-state index in [9.17, 15) is 0 Å². The Bertz CT molecular complexity index is 683. The largest absolute Gasteiger partial charge is 0.354 e. The van der Waals surface area contributed by atoms with Crippen molar-refractivity contribution in [3.63, 3.8) is 0 Å². The molecule has 114 valence electrons. The molecule has 2 aromatic rings. The Kier molecular flexibility index (Phi) is 3.60. The molecule has 1 saturated heterocycles. The van der Waals surface area contributed by atoms with Gasteiger partial charge in [-0.25, -0.2) is 0 Å². The predicted molar refractivity (Wildman–Crippen MR) is 84.8 cm³/mol. The summed E-state index contributed by atoms with van der Waals surface area (Å²) in [6.45, 7) is 1.99. The maximum atomic E-state index is 6.56. The summed E-state index contributed by atoms with van der Waals surface area (Å²) < 4.78 is 6.56. The molecule has 2 unspecified atom stereocenters. The number of halogens is 1. The molecule has 2 aliphatic heterocycles. The first-order valence-electron chi connectivity index (χ1n) is 7.74. The molecule has 4 rings (SSSR count).